The van der Waals surface area contributed by atoms with Crippen LogP contribution < -0.4 is 5.32 Å². The van der Waals surface area contributed by atoms with Gasteiger partial charge in [0.15, 0.2) is 0 Å². The van der Waals surface area contributed by atoms with Crippen LogP contribution in [0.5, 0.6) is 0 Å². The Hall–Kier alpha value is -1.04. The Balaban J connectivity index is 1.98. The Kier molecular flexibility index (Phi) is 2.61. The molecule has 1 aromatic rings. The molecule has 0 aliphatic carbocycles. The molecule has 0 aromatic heterocycles. The van der Waals surface area contributed by atoms with E-state index in [9.17, 15) is 4.79 Å². The highest BCUT2D eigenvalue weighted by Gasteiger charge is 2.46. The first-order valence-electron chi connectivity index (χ1n) is 5.52. The van der Waals surface area contributed by atoms with Crippen LogP contribution in [0.4, 0.5) is 0 Å². The number of rotatable bonds is 1. The monoisotopic (exact) mass is 251 g/mol. The van der Waals surface area contributed by atoms with Gasteiger partial charge in [0.2, 0.25) is 0 Å². The van der Waals surface area contributed by atoms with E-state index in [1.165, 1.54) is 5.56 Å². The fraction of sp³-hybridized carbons (Fsp3) is 0.417. The van der Waals surface area contributed by atoms with Gasteiger partial charge in [-0.3, -0.25) is 10.1 Å². The third-order valence-corrected chi connectivity index (χ3v) is 4.67. The minimum absolute atomic E-state index is 0.377. The van der Waals surface area contributed by atoms with E-state index in [2.05, 4.69) is 11.4 Å². The standard InChI is InChI=1S/C12H13NO3S/c14-11(15)10-6-17-12(13-10)7-16-5-8-3-1-2-4-9(8)12/h1-4,10,13H,5-7H2,(H,14,15)/t10-,12?/m0/s1. The maximum Gasteiger partial charge on any atom is 0.321 e. The Bertz CT molecular complexity index is 465. The second-order valence-electron chi connectivity index (χ2n) is 4.32. The number of carboxylic acid groups (broad SMARTS) is 1. The molecule has 0 bridgehead atoms. The van der Waals surface area contributed by atoms with E-state index in [4.69, 9.17) is 9.84 Å². The summed E-state index contributed by atoms with van der Waals surface area (Å²) in [5.74, 6) is -0.218. The Morgan fingerprint density at radius 1 is 1.53 bits per heavy atom. The minimum atomic E-state index is -0.794. The van der Waals surface area contributed by atoms with E-state index < -0.39 is 12.0 Å². The molecule has 17 heavy (non-hydrogen) atoms. The minimum Gasteiger partial charge on any atom is -0.480 e. The van der Waals surface area contributed by atoms with Crippen LogP contribution in [0.25, 0.3) is 0 Å². The molecule has 2 N–H and O–H groups in total. The van der Waals surface area contributed by atoms with Crippen molar-refractivity contribution in [2.45, 2.75) is 17.5 Å². The van der Waals surface area contributed by atoms with Gasteiger partial charge >= 0.3 is 5.97 Å². The number of fused-ring (bicyclic) bond motifs is 2. The number of benzene rings is 1. The summed E-state index contributed by atoms with van der Waals surface area (Å²) in [6.07, 6.45) is 0. The number of thioether (sulfide) groups is 1. The average Bonchev–Trinajstić information content (AvgIpc) is 2.75. The van der Waals surface area contributed by atoms with Gasteiger partial charge in [0.25, 0.3) is 0 Å². The molecule has 5 heteroatoms. The first-order chi connectivity index (χ1) is 8.21. The first kappa shape index (κ1) is 11.1. The van der Waals surface area contributed by atoms with Gasteiger partial charge in [-0.25, -0.2) is 0 Å². The highest BCUT2D eigenvalue weighted by atomic mass is 32.2. The zero-order chi connectivity index (χ0) is 11.9. The molecule has 2 aliphatic heterocycles. The summed E-state index contributed by atoms with van der Waals surface area (Å²) >= 11 is 1.63. The van der Waals surface area contributed by atoms with E-state index in [0.717, 1.165) is 5.56 Å². The van der Waals surface area contributed by atoms with E-state index in [1.54, 1.807) is 11.8 Å². The van der Waals surface area contributed by atoms with Crippen molar-refractivity contribution in [2.24, 2.45) is 0 Å². The lowest BCUT2D eigenvalue weighted by molar-refractivity contribution is -0.139. The highest BCUT2D eigenvalue weighted by molar-refractivity contribution is 8.00. The van der Waals surface area contributed by atoms with Gasteiger partial charge in [-0.05, 0) is 11.1 Å². The Labute approximate surface area is 103 Å². The number of nitrogens with one attached hydrogen (secondary N) is 1. The summed E-state index contributed by atoms with van der Waals surface area (Å²) in [7, 11) is 0. The summed E-state index contributed by atoms with van der Waals surface area (Å²) < 4.78 is 5.59. The van der Waals surface area contributed by atoms with E-state index in [-0.39, 0.29) is 4.87 Å². The van der Waals surface area contributed by atoms with Crippen molar-refractivity contribution in [3.05, 3.63) is 35.4 Å². The Morgan fingerprint density at radius 2 is 2.35 bits per heavy atom. The van der Waals surface area contributed by atoms with Gasteiger partial charge in [-0.1, -0.05) is 24.3 Å². The van der Waals surface area contributed by atoms with Gasteiger partial charge in [-0.2, -0.15) is 0 Å². The fourth-order valence-corrected chi connectivity index (χ4v) is 3.81. The maximum absolute atomic E-state index is 11.0. The summed E-state index contributed by atoms with van der Waals surface area (Å²) in [4.78, 5) is 10.6. The van der Waals surface area contributed by atoms with Gasteiger partial charge in [0, 0.05) is 5.75 Å². The lowest BCUT2D eigenvalue weighted by Gasteiger charge is -2.35. The van der Waals surface area contributed by atoms with Crippen LogP contribution >= 0.6 is 11.8 Å². The molecule has 1 unspecified atom stereocenters. The number of carboxylic acids is 1. The number of hydrogen-bond acceptors (Lipinski definition) is 4. The van der Waals surface area contributed by atoms with Gasteiger partial charge < -0.3 is 9.84 Å². The van der Waals surface area contributed by atoms with Crippen LogP contribution in [-0.4, -0.2) is 29.5 Å². The van der Waals surface area contributed by atoms with E-state index >= 15 is 0 Å². The zero-order valence-electron chi connectivity index (χ0n) is 9.18. The fourth-order valence-electron chi connectivity index (χ4n) is 2.38. The molecular formula is C12H13NO3S. The molecule has 4 nitrogen and oxygen atoms in total. The van der Waals surface area contributed by atoms with Gasteiger partial charge in [0.1, 0.15) is 10.9 Å². The molecule has 1 fully saturated rings. The predicted octanol–water partition coefficient (Wildman–Crippen LogP) is 1.16. The molecule has 0 saturated carbocycles. The molecule has 2 atom stereocenters. The molecule has 1 spiro atoms. The Morgan fingerprint density at radius 3 is 3.12 bits per heavy atom. The normalized spacial score (nSPS) is 31.4. The van der Waals surface area contributed by atoms with Crippen molar-refractivity contribution in [2.75, 3.05) is 12.4 Å². The van der Waals surface area contributed by atoms with Crippen LogP contribution in [0, 0.1) is 0 Å². The van der Waals surface area contributed by atoms with Gasteiger partial charge in [0.05, 0.1) is 13.2 Å². The molecule has 2 aliphatic rings. The number of hydrogen-bond donors (Lipinski definition) is 2. The van der Waals surface area contributed by atoms with Crippen molar-refractivity contribution in [1.29, 1.82) is 0 Å². The van der Waals surface area contributed by atoms with Crippen LogP contribution in [0.2, 0.25) is 0 Å². The maximum atomic E-state index is 11.0. The van der Waals surface area contributed by atoms with Crippen LogP contribution in [0.1, 0.15) is 11.1 Å². The molecule has 1 saturated heterocycles. The highest BCUT2D eigenvalue weighted by Crippen LogP contribution is 2.43. The van der Waals surface area contributed by atoms with E-state index in [1.807, 2.05) is 18.2 Å². The second-order valence-corrected chi connectivity index (χ2v) is 5.64. The summed E-state index contributed by atoms with van der Waals surface area (Å²) in [5, 5.41) is 12.3. The van der Waals surface area contributed by atoms with Crippen LogP contribution in [0.15, 0.2) is 24.3 Å². The van der Waals surface area contributed by atoms with Crippen LogP contribution in [0.3, 0.4) is 0 Å². The quantitative estimate of drug-likeness (QED) is 0.784. The van der Waals surface area contributed by atoms with Crippen molar-refractivity contribution >= 4 is 17.7 Å². The van der Waals surface area contributed by atoms with Crippen molar-refractivity contribution in [3.63, 3.8) is 0 Å². The molecule has 3 rings (SSSR count). The number of carbonyl (C=O) groups is 1. The zero-order valence-corrected chi connectivity index (χ0v) is 10.00. The van der Waals surface area contributed by atoms with Crippen molar-refractivity contribution < 1.29 is 14.6 Å². The topological polar surface area (TPSA) is 58.6 Å². The smallest absolute Gasteiger partial charge is 0.321 e. The molecular weight excluding hydrogens is 238 g/mol. The predicted molar refractivity (Wildman–Crippen MR) is 64.8 cm³/mol. The van der Waals surface area contributed by atoms with E-state index in [0.29, 0.717) is 19.0 Å². The lowest BCUT2D eigenvalue weighted by Crippen LogP contribution is -2.48. The third-order valence-electron chi connectivity index (χ3n) is 3.22. The number of aliphatic carboxylic acids is 1. The van der Waals surface area contributed by atoms with Gasteiger partial charge in [-0.15, -0.1) is 11.8 Å². The molecule has 0 amide bonds. The average molecular weight is 251 g/mol. The SMILES string of the molecule is O=C(O)[C@@H]1CSC2(COCc3ccccc32)N1. The first-order valence-corrected chi connectivity index (χ1v) is 6.50. The number of ether oxygens (including phenoxy) is 1. The van der Waals surface area contributed by atoms with Crippen LogP contribution in [-0.2, 0) is 21.0 Å². The summed E-state index contributed by atoms with van der Waals surface area (Å²) in [5.41, 5.74) is 2.31. The largest absolute Gasteiger partial charge is 0.480 e. The molecule has 90 valence electrons. The lowest BCUT2D eigenvalue weighted by atomic mass is 9.98. The van der Waals surface area contributed by atoms with Crippen molar-refractivity contribution in [3.8, 4) is 0 Å². The van der Waals surface area contributed by atoms with Crippen molar-refractivity contribution in [1.82, 2.24) is 5.32 Å². The summed E-state index contributed by atoms with van der Waals surface area (Å²) in [6.45, 7) is 1.14. The summed E-state index contributed by atoms with van der Waals surface area (Å²) in [6, 6.07) is 7.57. The molecule has 1 aromatic carbocycles. The molecule has 0 radical (unpaired) electrons. The third kappa shape index (κ3) is 1.74. The molecule has 2 heterocycles. The second kappa shape index (κ2) is 4.01.